The highest BCUT2D eigenvalue weighted by Gasteiger charge is 2.62. The molecule has 1 saturated carbocycles. The second kappa shape index (κ2) is 7.74. The molecule has 0 aromatic rings. The van der Waals surface area contributed by atoms with Crippen LogP contribution in [0.25, 0.3) is 0 Å². The van der Waals surface area contributed by atoms with Crippen molar-refractivity contribution in [1.82, 2.24) is 0 Å². The molecule has 1 aliphatic rings. The molecule has 0 unspecified atom stereocenters. The minimum Gasteiger partial charge on any atom is -0.466 e. The van der Waals surface area contributed by atoms with Crippen molar-refractivity contribution in [1.29, 1.82) is 0 Å². The summed E-state index contributed by atoms with van der Waals surface area (Å²) in [7, 11) is 1.15. The van der Waals surface area contributed by atoms with E-state index in [-0.39, 0.29) is 11.1 Å². The van der Waals surface area contributed by atoms with Crippen LogP contribution in [-0.2, 0) is 28.7 Å². The Morgan fingerprint density at radius 1 is 1.12 bits per heavy atom. The molecule has 1 N–H and O–H groups in total. The summed E-state index contributed by atoms with van der Waals surface area (Å²) < 4.78 is 9.83. The van der Waals surface area contributed by atoms with Crippen LogP contribution in [0.5, 0.6) is 0 Å². The molecular formula is C18H24O7. The van der Waals surface area contributed by atoms with Crippen molar-refractivity contribution in [2.45, 2.75) is 46.3 Å². The third kappa shape index (κ3) is 3.71. The number of rotatable bonds is 5. The van der Waals surface area contributed by atoms with Gasteiger partial charge in [-0.2, -0.15) is 0 Å². The molecule has 0 aromatic carbocycles. The van der Waals surface area contributed by atoms with E-state index in [1.165, 1.54) is 39.8 Å². The van der Waals surface area contributed by atoms with Crippen molar-refractivity contribution in [2.75, 3.05) is 7.11 Å². The molecule has 7 nitrogen and oxygen atoms in total. The van der Waals surface area contributed by atoms with E-state index < -0.39 is 47.0 Å². The first-order chi connectivity index (χ1) is 11.5. The molecule has 4 atom stereocenters. The van der Waals surface area contributed by atoms with Crippen LogP contribution < -0.4 is 0 Å². The van der Waals surface area contributed by atoms with E-state index in [4.69, 9.17) is 4.74 Å². The van der Waals surface area contributed by atoms with Gasteiger partial charge in [0.25, 0.3) is 0 Å². The van der Waals surface area contributed by atoms with Gasteiger partial charge < -0.3 is 14.6 Å². The molecule has 0 spiro atoms. The Balaban J connectivity index is 3.41. The van der Waals surface area contributed by atoms with Gasteiger partial charge in [-0.1, -0.05) is 12.2 Å². The summed E-state index contributed by atoms with van der Waals surface area (Å²) in [6.07, 6.45) is 1.30. The molecule has 0 saturated heterocycles. The van der Waals surface area contributed by atoms with E-state index in [0.717, 1.165) is 7.11 Å². The minimum atomic E-state index is -1.94. The Hall–Kier alpha value is -2.28. The van der Waals surface area contributed by atoms with Gasteiger partial charge in [-0.3, -0.25) is 9.59 Å². The molecule has 7 heteroatoms. The Bertz CT molecular complexity index is 654. The van der Waals surface area contributed by atoms with Gasteiger partial charge >= 0.3 is 11.9 Å². The van der Waals surface area contributed by atoms with Crippen molar-refractivity contribution < 1.29 is 33.8 Å². The van der Waals surface area contributed by atoms with Crippen molar-refractivity contribution in [3.63, 3.8) is 0 Å². The average molecular weight is 352 g/mol. The lowest BCUT2D eigenvalue weighted by atomic mass is 9.80. The Morgan fingerprint density at radius 2 is 1.68 bits per heavy atom. The lowest BCUT2D eigenvalue weighted by Crippen LogP contribution is -2.46. The quantitative estimate of drug-likeness (QED) is 0.584. The molecular weight excluding hydrogens is 328 g/mol. The van der Waals surface area contributed by atoms with Gasteiger partial charge in [-0.25, -0.2) is 9.59 Å². The van der Waals surface area contributed by atoms with E-state index in [1.807, 2.05) is 0 Å². The number of hydrogen-bond acceptors (Lipinski definition) is 7. The number of methoxy groups -OCH3 is 1. The third-order valence-electron chi connectivity index (χ3n) is 4.54. The van der Waals surface area contributed by atoms with Crippen LogP contribution in [0.15, 0.2) is 23.3 Å². The van der Waals surface area contributed by atoms with Gasteiger partial charge in [0.05, 0.1) is 18.9 Å². The van der Waals surface area contributed by atoms with Crippen molar-refractivity contribution in [2.24, 2.45) is 11.8 Å². The largest absolute Gasteiger partial charge is 0.466 e. The molecule has 0 amide bonds. The van der Waals surface area contributed by atoms with Gasteiger partial charge in [0, 0.05) is 11.1 Å². The SMILES string of the molecule is C/C=C(\C)C(=O)O[C@H]1C(=O)[C@H](/C(=C\C)C(=O)OC)[C@H](C(C)=O)[C@@]1(C)O. The second-order valence-corrected chi connectivity index (χ2v) is 6.19. The standard InChI is InChI=1S/C18H24O7/c1-7-9(3)16(21)25-15-14(20)12(11(8-2)17(22)24-6)13(10(4)19)18(15,5)23/h7-8,12-13,15,23H,1-6H3/b9-7+,11-8+/t12-,13+,15+,18-/m1/s1. The Morgan fingerprint density at radius 3 is 2.08 bits per heavy atom. The van der Waals surface area contributed by atoms with Crippen molar-refractivity contribution >= 4 is 23.5 Å². The number of esters is 2. The van der Waals surface area contributed by atoms with Gasteiger partial charge in [0.2, 0.25) is 0 Å². The highest BCUT2D eigenvalue weighted by molar-refractivity contribution is 6.06. The van der Waals surface area contributed by atoms with E-state index in [1.54, 1.807) is 6.92 Å². The molecule has 25 heavy (non-hydrogen) atoms. The fourth-order valence-electron chi connectivity index (χ4n) is 3.13. The summed E-state index contributed by atoms with van der Waals surface area (Å²) in [5.74, 6) is -5.22. The van der Waals surface area contributed by atoms with Crippen LogP contribution in [0.1, 0.15) is 34.6 Å². The Kier molecular flexibility index (Phi) is 6.42. The smallest absolute Gasteiger partial charge is 0.334 e. The Labute approximate surface area is 146 Å². The topological polar surface area (TPSA) is 107 Å². The van der Waals surface area contributed by atoms with Crippen LogP contribution >= 0.6 is 0 Å². The van der Waals surface area contributed by atoms with Gasteiger partial charge in [0.15, 0.2) is 11.9 Å². The normalized spacial score (nSPS) is 30.2. The van der Waals surface area contributed by atoms with Crippen molar-refractivity contribution in [3.05, 3.63) is 23.3 Å². The molecule has 1 fully saturated rings. The lowest BCUT2D eigenvalue weighted by Gasteiger charge is -2.29. The maximum atomic E-state index is 12.8. The maximum Gasteiger partial charge on any atom is 0.334 e. The molecule has 1 aliphatic carbocycles. The number of aliphatic hydroxyl groups is 1. The number of Topliss-reactive ketones (excluding diaryl/α,β-unsaturated/α-hetero) is 2. The first-order valence-electron chi connectivity index (χ1n) is 7.89. The van der Waals surface area contributed by atoms with Crippen molar-refractivity contribution in [3.8, 4) is 0 Å². The molecule has 0 radical (unpaired) electrons. The van der Waals surface area contributed by atoms with Crippen LogP contribution in [0.3, 0.4) is 0 Å². The average Bonchev–Trinajstić information content (AvgIpc) is 2.74. The predicted molar refractivity (Wildman–Crippen MR) is 88.4 cm³/mol. The fraction of sp³-hybridized carbons (Fsp3) is 0.556. The van der Waals surface area contributed by atoms with Crippen LogP contribution in [0.4, 0.5) is 0 Å². The number of ketones is 2. The molecule has 0 aliphatic heterocycles. The highest BCUT2D eigenvalue weighted by atomic mass is 16.6. The van der Waals surface area contributed by atoms with E-state index in [2.05, 4.69) is 4.74 Å². The maximum absolute atomic E-state index is 12.8. The van der Waals surface area contributed by atoms with Crippen LogP contribution in [0.2, 0.25) is 0 Å². The summed E-state index contributed by atoms with van der Waals surface area (Å²) in [5.41, 5.74) is -1.74. The minimum absolute atomic E-state index is 0.0470. The number of ether oxygens (including phenoxy) is 2. The lowest BCUT2D eigenvalue weighted by molar-refractivity contribution is -0.164. The van der Waals surface area contributed by atoms with Crippen LogP contribution in [0, 0.1) is 11.8 Å². The second-order valence-electron chi connectivity index (χ2n) is 6.19. The fourth-order valence-corrected chi connectivity index (χ4v) is 3.13. The monoisotopic (exact) mass is 352 g/mol. The predicted octanol–water partition coefficient (Wildman–Crippen LogP) is 1.14. The van der Waals surface area contributed by atoms with E-state index >= 15 is 0 Å². The molecule has 0 heterocycles. The number of carbonyl (C=O) groups excluding carboxylic acids is 4. The van der Waals surface area contributed by atoms with Gasteiger partial charge in [-0.05, 0) is 34.6 Å². The summed E-state index contributed by atoms with van der Waals surface area (Å²) >= 11 is 0. The zero-order valence-corrected chi connectivity index (χ0v) is 15.3. The summed E-state index contributed by atoms with van der Waals surface area (Å²) in [4.78, 5) is 49.0. The first kappa shape index (κ1) is 20.8. The molecule has 1 rings (SSSR count). The zero-order valence-electron chi connectivity index (χ0n) is 15.3. The number of allylic oxidation sites excluding steroid dienone is 2. The number of carbonyl (C=O) groups is 4. The third-order valence-corrected chi connectivity index (χ3v) is 4.54. The highest BCUT2D eigenvalue weighted by Crippen LogP contribution is 2.44. The molecule has 0 aromatic heterocycles. The summed E-state index contributed by atoms with van der Waals surface area (Å²) in [6, 6.07) is 0. The first-order valence-corrected chi connectivity index (χ1v) is 7.89. The van der Waals surface area contributed by atoms with Gasteiger partial charge in [0.1, 0.15) is 11.4 Å². The molecule has 0 bridgehead atoms. The summed E-state index contributed by atoms with van der Waals surface area (Å²) in [5, 5.41) is 10.8. The van der Waals surface area contributed by atoms with Crippen LogP contribution in [-0.4, -0.2) is 47.4 Å². The zero-order chi connectivity index (χ0) is 19.5. The molecule has 138 valence electrons. The van der Waals surface area contributed by atoms with E-state index in [0.29, 0.717) is 0 Å². The van der Waals surface area contributed by atoms with Gasteiger partial charge in [-0.15, -0.1) is 0 Å². The summed E-state index contributed by atoms with van der Waals surface area (Å²) in [6.45, 7) is 7.12. The number of hydrogen-bond donors (Lipinski definition) is 1. The van der Waals surface area contributed by atoms with E-state index in [9.17, 15) is 24.3 Å².